The van der Waals surface area contributed by atoms with E-state index in [0.29, 0.717) is 86.3 Å². The lowest BCUT2D eigenvalue weighted by atomic mass is 9.89. The monoisotopic (exact) mass is 848 g/mol. The van der Waals surface area contributed by atoms with E-state index in [2.05, 4.69) is 15.7 Å². The number of amides is 1. The third kappa shape index (κ3) is 7.37. The van der Waals surface area contributed by atoms with Crippen molar-refractivity contribution in [1.29, 1.82) is 0 Å². The number of hydrogen-bond donors (Lipinski definition) is 0. The Morgan fingerprint density at radius 1 is 1.05 bits per heavy atom. The van der Waals surface area contributed by atoms with E-state index >= 15 is 8.78 Å². The summed E-state index contributed by atoms with van der Waals surface area (Å²) in [7, 11) is 1.47. The van der Waals surface area contributed by atoms with Gasteiger partial charge < -0.3 is 28.7 Å². The van der Waals surface area contributed by atoms with Gasteiger partial charge in [0.1, 0.15) is 40.8 Å². The van der Waals surface area contributed by atoms with Gasteiger partial charge in [0.25, 0.3) is 5.92 Å². The van der Waals surface area contributed by atoms with E-state index in [4.69, 9.17) is 40.3 Å². The van der Waals surface area contributed by atoms with E-state index < -0.39 is 40.2 Å². The fourth-order valence-corrected chi connectivity index (χ4v) is 10.1. The highest BCUT2D eigenvalue weighted by Gasteiger charge is 2.77. The summed E-state index contributed by atoms with van der Waals surface area (Å²) in [6.45, 7) is 9.15. The number of ether oxygens (including phenoxy) is 4. The van der Waals surface area contributed by atoms with Crippen LogP contribution in [0.4, 0.5) is 28.2 Å². The predicted octanol–water partition coefficient (Wildman–Crippen LogP) is 9.15. The van der Waals surface area contributed by atoms with E-state index in [9.17, 15) is 13.6 Å². The highest BCUT2D eigenvalue weighted by Crippen LogP contribution is 2.69. The molecular formula is C46H56F4N6O5. The number of aromatic nitrogens is 3. The molecule has 4 aromatic rings. The largest absolute Gasteiger partial charge is 0.468 e. The van der Waals surface area contributed by atoms with Crippen LogP contribution in [-0.4, -0.2) is 107 Å². The Hall–Kier alpha value is -4.94. The first-order valence-corrected chi connectivity index (χ1v) is 20.4. The summed E-state index contributed by atoms with van der Waals surface area (Å²) in [4.78, 5) is 34.3. The molecule has 2 aromatic heterocycles. The molecule has 1 spiro atoms. The number of rotatable bonds is 8. The Morgan fingerprint density at radius 3 is 2.51 bits per heavy atom. The first-order valence-electron chi connectivity index (χ1n) is 20.4. The third-order valence-electron chi connectivity index (χ3n) is 13.0. The molecule has 4 atom stereocenters. The summed E-state index contributed by atoms with van der Waals surface area (Å²) < 4.78 is 85.7. The van der Waals surface area contributed by atoms with Crippen LogP contribution in [0.5, 0.6) is 11.8 Å². The van der Waals surface area contributed by atoms with Crippen LogP contribution in [-0.2, 0) is 15.9 Å². The molecule has 4 aliphatic heterocycles. The zero-order valence-electron chi connectivity index (χ0n) is 34.0. The third-order valence-corrected chi connectivity index (χ3v) is 13.0. The molecule has 1 amide bonds. The van der Waals surface area contributed by atoms with Gasteiger partial charge in [0, 0.05) is 50.2 Å². The molecule has 4 fully saturated rings. The maximum atomic E-state index is 17.7. The number of alkyl halides is 2. The van der Waals surface area contributed by atoms with Crippen molar-refractivity contribution in [2.24, 2.45) is 5.41 Å². The number of nitrogens with zero attached hydrogens (tertiary/aromatic N) is 6. The maximum Gasteiger partial charge on any atom is 0.410 e. The Morgan fingerprint density at radius 2 is 1.82 bits per heavy atom. The van der Waals surface area contributed by atoms with Gasteiger partial charge in [-0.2, -0.15) is 9.97 Å². The number of halogens is 4. The first-order chi connectivity index (χ1) is 28.1. The van der Waals surface area contributed by atoms with Gasteiger partial charge in [0.05, 0.1) is 33.6 Å². The van der Waals surface area contributed by atoms with Crippen LogP contribution in [0.3, 0.4) is 0 Å². The van der Waals surface area contributed by atoms with E-state index in [-0.39, 0.29) is 80.5 Å². The smallest absolute Gasteiger partial charge is 0.410 e. The van der Waals surface area contributed by atoms with Crippen molar-refractivity contribution in [3.8, 4) is 35.4 Å². The van der Waals surface area contributed by atoms with Crippen molar-refractivity contribution in [3.05, 3.63) is 47.2 Å². The zero-order chi connectivity index (χ0) is 41.6. The van der Waals surface area contributed by atoms with Gasteiger partial charge in [0.2, 0.25) is 0 Å². The fourth-order valence-electron chi connectivity index (χ4n) is 10.1. The van der Waals surface area contributed by atoms with Gasteiger partial charge in [-0.1, -0.05) is 33.8 Å². The SMILES string of the molecule is C.C.C#Cc1c(F)ccc2cc(OCOC)cc(-c3nc4c5c(nc(OC[C@@]67CCCN6C[C@@]6(CC6(F)F)C7)nc5c3F)N3C[C@@H](CC)N(C(=O)OC(C)(C)C)C[C@H]3CC4)c12. The number of piperazine rings is 1. The second-order valence-electron chi connectivity index (χ2n) is 17.9. The van der Waals surface area contributed by atoms with Crippen LogP contribution in [0, 0.1) is 29.4 Å². The summed E-state index contributed by atoms with van der Waals surface area (Å²) in [5.74, 6) is -0.976. The van der Waals surface area contributed by atoms with Crippen molar-refractivity contribution >= 4 is 33.6 Å². The summed E-state index contributed by atoms with van der Waals surface area (Å²) >= 11 is 0. The molecule has 2 aromatic carbocycles. The summed E-state index contributed by atoms with van der Waals surface area (Å²) in [5.41, 5.74) is -1.89. The number of aryl methyl sites for hydroxylation is 1. The van der Waals surface area contributed by atoms with E-state index in [1.54, 1.807) is 23.1 Å². The molecule has 6 heterocycles. The Kier molecular flexibility index (Phi) is 11.4. The lowest BCUT2D eigenvalue weighted by molar-refractivity contribution is 0.00969. The highest BCUT2D eigenvalue weighted by atomic mass is 19.3. The lowest BCUT2D eigenvalue weighted by Crippen LogP contribution is -2.60. The van der Waals surface area contributed by atoms with E-state index in [1.165, 1.54) is 13.2 Å². The number of methoxy groups -OCH3 is 1. The number of fused-ring (bicyclic) bond motifs is 4. The van der Waals surface area contributed by atoms with Gasteiger partial charge in [-0.05, 0) is 89.4 Å². The van der Waals surface area contributed by atoms with Crippen molar-refractivity contribution in [1.82, 2.24) is 24.8 Å². The number of benzene rings is 2. The average Bonchev–Trinajstić information content (AvgIpc) is 3.39. The normalized spacial score (nSPS) is 25.0. The van der Waals surface area contributed by atoms with Gasteiger partial charge in [-0.15, -0.1) is 6.42 Å². The second-order valence-corrected chi connectivity index (χ2v) is 17.9. The standard InChI is InChI=1S/C44H48F4N6O5.2CH4/c1-7-26-18-53-27(19-54(26)40(55)59-41(3,4)5)11-13-32-34-37(50-39(51-38(34)53)57-23-43-14-9-15-52(43)22-42(20-43)21-44(42,47)48)35(46)36(49-32)30-17-28(58-24-56-6)16-25-10-12-31(45)29(8-2)33(25)30;;/h2,10,12,16-17,26-27H,7,9,11,13-15,18-24H2,1,3-6H3;2*1H4/t26-,27-,42+,43+;;/m1../s1. The minimum atomic E-state index is -2.71. The molecule has 0 radical (unpaired) electrons. The first kappa shape index (κ1) is 44.1. The number of carbonyl (C=O) groups is 1. The number of anilines is 1. The Labute approximate surface area is 355 Å². The topological polar surface area (TPSA) is 102 Å². The molecule has 0 N–H and O–H groups in total. The van der Waals surface area contributed by atoms with Crippen LogP contribution in [0.25, 0.3) is 32.9 Å². The van der Waals surface area contributed by atoms with Gasteiger partial charge in [-0.25, -0.2) is 27.3 Å². The summed E-state index contributed by atoms with van der Waals surface area (Å²) in [6, 6.07) is 5.42. The molecule has 11 nitrogen and oxygen atoms in total. The van der Waals surface area contributed by atoms with Gasteiger partial charge >= 0.3 is 12.1 Å². The van der Waals surface area contributed by atoms with Crippen molar-refractivity contribution in [2.75, 3.05) is 51.6 Å². The fraction of sp³-hybridized carbons (Fsp3) is 0.565. The van der Waals surface area contributed by atoms with Crippen molar-refractivity contribution in [3.63, 3.8) is 0 Å². The minimum Gasteiger partial charge on any atom is -0.468 e. The van der Waals surface area contributed by atoms with Gasteiger partial charge in [-0.3, -0.25) is 4.90 Å². The van der Waals surface area contributed by atoms with Crippen LogP contribution in [0.15, 0.2) is 24.3 Å². The zero-order valence-corrected chi connectivity index (χ0v) is 34.0. The molecule has 61 heavy (non-hydrogen) atoms. The van der Waals surface area contributed by atoms with E-state index in [0.717, 1.165) is 6.42 Å². The number of carbonyl (C=O) groups excluding carboxylic acids is 1. The quantitative estimate of drug-likeness (QED) is 0.0970. The molecule has 9 rings (SSSR count). The predicted molar refractivity (Wildman–Crippen MR) is 226 cm³/mol. The molecule has 0 bridgehead atoms. The van der Waals surface area contributed by atoms with E-state index in [1.807, 2.05) is 27.7 Å². The summed E-state index contributed by atoms with van der Waals surface area (Å²) in [5, 5.41) is 1.18. The number of terminal acetylenes is 1. The molecule has 1 saturated carbocycles. The molecule has 15 heteroatoms. The number of pyridine rings is 1. The average molecular weight is 849 g/mol. The number of hydrogen-bond acceptors (Lipinski definition) is 10. The minimum absolute atomic E-state index is 0. The molecule has 0 unspecified atom stereocenters. The highest BCUT2D eigenvalue weighted by molar-refractivity contribution is 6.03. The van der Waals surface area contributed by atoms with Crippen molar-refractivity contribution < 1.29 is 41.3 Å². The van der Waals surface area contributed by atoms with Crippen LogP contribution >= 0.6 is 0 Å². The second kappa shape index (κ2) is 15.8. The summed E-state index contributed by atoms with van der Waals surface area (Å²) in [6.07, 6.45) is 8.66. The molecule has 328 valence electrons. The van der Waals surface area contributed by atoms with Gasteiger partial charge in [0.15, 0.2) is 12.6 Å². The van der Waals surface area contributed by atoms with Crippen LogP contribution in [0.1, 0.15) is 92.3 Å². The molecule has 5 aliphatic rings. The van der Waals surface area contributed by atoms with Crippen LogP contribution < -0.4 is 14.4 Å². The lowest BCUT2D eigenvalue weighted by Gasteiger charge is -2.46. The molecule has 1 aliphatic carbocycles. The Balaban J connectivity index is 0.00000281. The maximum absolute atomic E-state index is 17.7. The molecule has 3 saturated heterocycles. The molecular weight excluding hydrogens is 793 g/mol. The van der Waals surface area contributed by atoms with Crippen molar-refractivity contribution in [2.45, 2.75) is 117 Å². The van der Waals surface area contributed by atoms with Crippen LogP contribution in [0.2, 0.25) is 0 Å². The Bertz CT molecular complexity index is 2420.